The highest BCUT2D eigenvalue weighted by molar-refractivity contribution is 7.89. The summed E-state index contributed by atoms with van der Waals surface area (Å²) in [6.07, 6.45) is 4.05. The number of carbonyl (C=O) groups is 1. The Hall–Kier alpha value is -1.41. The zero-order chi connectivity index (χ0) is 14.9. The van der Waals surface area contributed by atoms with Gasteiger partial charge in [-0.25, -0.2) is 13.4 Å². The molecule has 0 amide bonds. The Kier molecular flexibility index (Phi) is 4.14. The van der Waals surface area contributed by atoms with Crippen LogP contribution in [0.2, 0.25) is 0 Å². The van der Waals surface area contributed by atoms with E-state index in [1.807, 2.05) is 13.8 Å². The molecule has 1 aromatic heterocycles. The third kappa shape index (κ3) is 2.85. The van der Waals surface area contributed by atoms with E-state index in [1.54, 1.807) is 4.57 Å². The van der Waals surface area contributed by atoms with Gasteiger partial charge in [0.1, 0.15) is 0 Å². The van der Waals surface area contributed by atoms with Crippen LogP contribution in [0.5, 0.6) is 0 Å². The molecule has 1 aliphatic heterocycles. The van der Waals surface area contributed by atoms with Crippen LogP contribution in [0.25, 0.3) is 0 Å². The topological polar surface area (TPSA) is 92.5 Å². The first-order valence-corrected chi connectivity index (χ1v) is 8.03. The van der Waals surface area contributed by atoms with Crippen LogP contribution < -0.4 is 0 Å². The van der Waals surface area contributed by atoms with Gasteiger partial charge in [-0.3, -0.25) is 4.79 Å². The molecule has 0 spiro atoms. The van der Waals surface area contributed by atoms with Crippen LogP contribution in [0.3, 0.4) is 0 Å². The molecule has 7 nitrogen and oxygen atoms in total. The predicted molar refractivity (Wildman–Crippen MR) is 71.7 cm³/mol. The van der Waals surface area contributed by atoms with Gasteiger partial charge in [-0.1, -0.05) is 0 Å². The van der Waals surface area contributed by atoms with Crippen LogP contribution in [0.1, 0.15) is 32.7 Å². The van der Waals surface area contributed by atoms with Crippen LogP contribution in [-0.2, 0) is 14.8 Å². The quantitative estimate of drug-likeness (QED) is 0.893. The van der Waals surface area contributed by atoms with Crippen LogP contribution >= 0.6 is 0 Å². The first-order chi connectivity index (χ1) is 9.32. The van der Waals surface area contributed by atoms with E-state index in [4.69, 9.17) is 5.11 Å². The Bertz CT molecular complexity index is 594. The maximum atomic E-state index is 12.4. The zero-order valence-corrected chi connectivity index (χ0v) is 12.4. The number of imidazole rings is 1. The summed E-state index contributed by atoms with van der Waals surface area (Å²) in [5, 5.41) is 9.01. The number of carboxylic acids is 1. The highest BCUT2D eigenvalue weighted by Gasteiger charge is 2.34. The minimum Gasteiger partial charge on any atom is -0.481 e. The molecule has 1 aromatic rings. The summed E-state index contributed by atoms with van der Waals surface area (Å²) < 4.78 is 27.8. The van der Waals surface area contributed by atoms with Gasteiger partial charge in [0.15, 0.2) is 5.03 Å². The first kappa shape index (κ1) is 15.0. The number of nitrogens with zero attached hydrogens (tertiary/aromatic N) is 3. The van der Waals surface area contributed by atoms with Crippen molar-refractivity contribution in [2.45, 2.75) is 37.8 Å². The van der Waals surface area contributed by atoms with Crippen molar-refractivity contribution in [3.05, 3.63) is 12.5 Å². The average Bonchev–Trinajstić information content (AvgIpc) is 2.89. The molecule has 112 valence electrons. The van der Waals surface area contributed by atoms with Crippen molar-refractivity contribution in [3.63, 3.8) is 0 Å². The Labute approximate surface area is 118 Å². The Balaban J connectivity index is 2.22. The molecule has 1 atom stereocenters. The standard InChI is InChI=1S/C12H19N3O4S/c1-9(2)14-7-11(13-8-14)20(18,19)15-5-3-4-10(6-15)12(16)17/h7-10H,3-6H2,1-2H3,(H,16,17)/t10-/m1/s1. The van der Waals surface area contributed by atoms with Crippen molar-refractivity contribution in [3.8, 4) is 0 Å². The zero-order valence-electron chi connectivity index (χ0n) is 11.6. The smallest absolute Gasteiger partial charge is 0.307 e. The molecular formula is C12H19N3O4S. The van der Waals surface area contributed by atoms with Gasteiger partial charge in [0.25, 0.3) is 10.0 Å². The molecule has 0 bridgehead atoms. The molecular weight excluding hydrogens is 282 g/mol. The van der Waals surface area contributed by atoms with Crippen molar-refractivity contribution in [2.75, 3.05) is 13.1 Å². The second kappa shape index (κ2) is 5.53. The Morgan fingerprint density at radius 1 is 1.50 bits per heavy atom. The lowest BCUT2D eigenvalue weighted by molar-refractivity contribution is -0.142. The van der Waals surface area contributed by atoms with Gasteiger partial charge in [-0.05, 0) is 26.7 Å². The first-order valence-electron chi connectivity index (χ1n) is 6.59. The molecule has 0 saturated carbocycles. The minimum atomic E-state index is -3.70. The SMILES string of the molecule is CC(C)n1cnc(S(=O)(=O)N2CCC[C@@H](C(=O)O)C2)c1. The second-order valence-electron chi connectivity index (χ2n) is 5.29. The van der Waals surface area contributed by atoms with Crippen molar-refractivity contribution in [1.82, 2.24) is 13.9 Å². The lowest BCUT2D eigenvalue weighted by atomic mass is 10.0. The molecule has 8 heteroatoms. The number of aromatic nitrogens is 2. The summed E-state index contributed by atoms with van der Waals surface area (Å²) in [5.41, 5.74) is 0. The lowest BCUT2D eigenvalue weighted by Gasteiger charge is -2.29. The summed E-state index contributed by atoms with van der Waals surface area (Å²) in [4.78, 5) is 15.0. The van der Waals surface area contributed by atoms with E-state index >= 15 is 0 Å². The Morgan fingerprint density at radius 2 is 2.20 bits per heavy atom. The number of hydrogen-bond donors (Lipinski definition) is 1. The fourth-order valence-corrected chi connectivity index (χ4v) is 3.67. The number of sulfonamides is 1. The molecule has 1 fully saturated rings. The highest BCUT2D eigenvalue weighted by Crippen LogP contribution is 2.23. The van der Waals surface area contributed by atoms with Crippen molar-refractivity contribution < 1.29 is 18.3 Å². The van der Waals surface area contributed by atoms with Gasteiger partial charge in [0.05, 0.1) is 12.2 Å². The predicted octanol–water partition coefficient (Wildman–Crippen LogP) is 0.949. The highest BCUT2D eigenvalue weighted by atomic mass is 32.2. The third-order valence-corrected chi connectivity index (χ3v) is 5.26. The van der Waals surface area contributed by atoms with Gasteiger partial charge in [-0.15, -0.1) is 0 Å². The van der Waals surface area contributed by atoms with E-state index in [9.17, 15) is 13.2 Å². The van der Waals surface area contributed by atoms with E-state index in [0.29, 0.717) is 19.4 Å². The molecule has 1 N–H and O–H groups in total. The van der Waals surface area contributed by atoms with Crippen molar-refractivity contribution in [1.29, 1.82) is 0 Å². The van der Waals surface area contributed by atoms with Crippen molar-refractivity contribution >= 4 is 16.0 Å². The summed E-state index contributed by atoms with van der Waals surface area (Å²) in [7, 11) is -3.70. The molecule has 2 rings (SSSR count). The summed E-state index contributed by atoms with van der Waals surface area (Å²) in [6.45, 7) is 4.23. The average molecular weight is 301 g/mol. The van der Waals surface area contributed by atoms with Gasteiger partial charge >= 0.3 is 5.97 Å². The second-order valence-corrected chi connectivity index (χ2v) is 7.18. The maximum absolute atomic E-state index is 12.4. The van der Waals surface area contributed by atoms with E-state index in [0.717, 1.165) is 0 Å². The minimum absolute atomic E-state index is 0.0164. The number of hydrogen-bond acceptors (Lipinski definition) is 4. The fourth-order valence-electron chi connectivity index (χ4n) is 2.23. The van der Waals surface area contributed by atoms with Crippen molar-refractivity contribution in [2.24, 2.45) is 5.92 Å². The summed E-state index contributed by atoms with van der Waals surface area (Å²) >= 11 is 0. The largest absolute Gasteiger partial charge is 0.481 e. The molecule has 2 heterocycles. The number of carboxylic acid groups (broad SMARTS) is 1. The molecule has 20 heavy (non-hydrogen) atoms. The van der Waals surface area contributed by atoms with Gasteiger partial charge in [0, 0.05) is 25.3 Å². The fraction of sp³-hybridized carbons (Fsp3) is 0.667. The molecule has 1 aliphatic rings. The van der Waals surface area contributed by atoms with E-state index in [1.165, 1.54) is 16.8 Å². The number of rotatable bonds is 4. The maximum Gasteiger partial charge on any atom is 0.307 e. The van der Waals surface area contributed by atoms with Crippen LogP contribution in [0.4, 0.5) is 0 Å². The summed E-state index contributed by atoms with van der Waals surface area (Å²) in [5.74, 6) is -1.58. The lowest BCUT2D eigenvalue weighted by Crippen LogP contribution is -2.42. The van der Waals surface area contributed by atoms with E-state index in [2.05, 4.69) is 4.98 Å². The molecule has 0 unspecified atom stereocenters. The third-order valence-electron chi connectivity index (χ3n) is 3.51. The van der Waals surface area contributed by atoms with Crippen LogP contribution in [0.15, 0.2) is 17.6 Å². The summed E-state index contributed by atoms with van der Waals surface area (Å²) in [6, 6.07) is 0.125. The van der Waals surface area contributed by atoms with Crippen LogP contribution in [-0.4, -0.2) is 46.4 Å². The Morgan fingerprint density at radius 3 is 2.75 bits per heavy atom. The molecule has 0 aliphatic carbocycles. The van der Waals surface area contributed by atoms with Gasteiger partial charge in [-0.2, -0.15) is 4.31 Å². The normalized spacial score (nSPS) is 21.2. The number of piperidine rings is 1. The molecule has 0 radical (unpaired) electrons. The molecule has 1 saturated heterocycles. The number of aliphatic carboxylic acids is 1. The van der Waals surface area contributed by atoms with Gasteiger partial charge < -0.3 is 9.67 Å². The van der Waals surface area contributed by atoms with E-state index in [-0.39, 0.29) is 17.6 Å². The van der Waals surface area contributed by atoms with Crippen LogP contribution in [0, 0.1) is 5.92 Å². The molecule has 0 aromatic carbocycles. The van der Waals surface area contributed by atoms with E-state index < -0.39 is 21.9 Å². The van der Waals surface area contributed by atoms with Gasteiger partial charge in [0.2, 0.25) is 0 Å². The monoisotopic (exact) mass is 301 g/mol.